The molecule has 0 rings (SSSR count). The van der Waals surface area contributed by atoms with Crippen LogP contribution in [0.2, 0.25) is 0 Å². The van der Waals surface area contributed by atoms with Gasteiger partial charge in [0, 0.05) is 18.4 Å². The molecular weight excluding hydrogens is 210 g/mol. The smallest absolute Gasteiger partial charge is 0.0342 e. The van der Waals surface area contributed by atoms with Crippen LogP contribution in [0.3, 0.4) is 0 Å². The molecule has 0 radical (unpaired) electrons. The number of nitrogens with zero attached hydrogens (tertiary/aromatic N) is 1. The van der Waals surface area contributed by atoms with Gasteiger partial charge in [0.1, 0.15) is 0 Å². The minimum Gasteiger partial charge on any atom is -0.401 e. The van der Waals surface area contributed by atoms with E-state index in [0.717, 1.165) is 18.7 Å². The van der Waals surface area contributed by atoms with E-state index >= 15 is 0 Å². The number of nitrogens with two attached hydrogens (primary N) is 2. The van der Waals surface area contributed by atoms with Gasteiger partial charge in [-0.3, -0.25) is 0 Å². The second-order valence-electron chi connectivity index (χ2n) is 3.35. The molecule has 0 bridgehead atoms. The molecule has 0 aliphatic heterocycles. The first-order valence-corrected chi connectivity index (χ1v) is 6.68. The number of rotatable bonds is 7. The molecule has 0 heterocycles. The minimum absolute atomic E-state index is 0.801. The van der Waals surface area contributed by atoms with Crippen molar-refractivity contribution >= 4 is 0 Å². The monoisotopic (exact) mass is 243 g/mol. The van der Waals surface area contributed by atoms with Crippen molar-refractivity contribution in [1.82, 2.24) is 5.01 Å². The standard InChI is InChI=1S/C10H23N3.C2H6.C2H4/c1-3-5-6-7-8-10(11)9-13(12)4-2;2*1-2/h9H,3-8,11-12H2,1-2H3;1-2H3;1-2H2/b10-9-;;. The molecule has 0 saturated heterocycles. The van der Waals surface area contributed by atoms with Gasteiger partial charge >= 0.3 is 0 Å². The zero-order valence-electron chi connectivity index (χ0n) is 12.3. The van der Waals surface area contributed by atoms with Gasteiger partial charge in [0.15, 0.2) is 0 Å². The molecule has 17 heavy (non-hydrogen) atoms. The number of allylic oxidation sites excluding steroid dienone is 1. The number of hydrazine groups is 1. The summed E-state index contributed by atoms with van der Waals surface area (Å²) in [7, 11) is 0. The summed E-state index contributed by atoms with van der Waals surface area (Å²) >= 11 is 0. The Bertz CT molecular complexity index is 156. The highest BCUT2D eigenvalue weighted by atomic mass is 15.4. The van der Waals surface area contributed by atoms with E-state index in [9.17, 15) is 0 Å². The fraction of sp³-hybridized carbons (Fsp3) is 0.714. The van der Waals surface area contributed by atoms with Crippen molar-refractivity contribution in [3.63, 3.8) is 0 Å². The third kappa shape index (κ3) is 21.0. The molecule has 0 aromatic rings. The fourth-order valence-corrected chi connectivity index (χ4v) is 1.12. The topological polar surface area (TPSA) is 55.3 Å². The lowest BCUT2D eigenvalue weighted by atomic mass is 10.1. The van der Waals surface area contributed by atoms with E-state index in [1.54, 1.807) is 5.01 Å². The van der Waals surface area contributed by atoms with E-state index in [1.807, 2.05) is 27.0 Å². The Morgan fingerprint density at radius 2 is 1.65 bits per heavy atom. The van der Waals surface area contributed by atoms with E-state index in [2.05, 4.69) is 20.1 Å². The van der Waals surface area contributed by atoms with Crippen LogP contribution >= 0.6 is 0 Å². The van der Waals surface area contributed by atoms with Crippen molar-refractivity contribution in [1.29, 1.82) is 0 Å². The number of hydrogen-bond acceptors (Lipinski definition) is 3. The summed E-state index contributed by atoms with van der Waals surface area (Å²) in [5, 5.41) is 1.62. The lowest BCUT2D eigenvalue weighted by Crippen LogP contribution is -2.25. The highest BCUT2D eigenvalue weighted by Crippen LogP contribution is 2.06. The Labute approximate surface area is 109 Å². The molecule has 0 aromatic heterocycles. The third-order valence-corrected chi connectivity index (χ3v) is 2.02. The molecule has 3 nitrogen and oxygen atoms in total. The largest absolute Gasteiger partial charge is 0.401 e. The summed E-state index contributed by atoms with van der Waals surface area (Å²) in [5.74, 6) is 5.58. The predicted octanol–water partition coefficient (Wildman–Crippen LogP) is 3.78. The van der Waals surface area contributed by atoms with Crippen LogP contribution in [0.25, 0.3) is 0 Å². The molecule has 0 aliphatic rings. The fourth-order valence-electron chi connectivity index (χ4n) is 1.12. The van der Waals surface area contributed by atoms with E-state index in [4.69, 9.17) is 11.6 Å². The van der Waals surface area contributed by atoms with Gasteiger partial charge < -0.3 is 10.7 Å². The normalized spacial score (nSPS) is 9.59. The summed E-state index contributed by atoms with van der Waals surface area (Å²) in [6.07, 6.45) is 7.80. The maximum atomic E-state index is 5.77. The van der Waals surface area contributed by atoms with Crippen LogP contribution in [0.5, 0.6) is 0 Å². The second-order valence-corrected chi connectivity index (χ2v) is 3.35. The highest BCUT2D eigenvalue weighted by Gasteiger charge is 1.93. The van der Waals surface area contributed by atoms with E-state index < -0.39 is 0 Å². The van der Waals surface area contributed by atoms with E-state index in [1.165, 1.54) is 25.7 Å². The maximum absolute atomic E-state index is 5.77. The molecule has 0 atom stereocenters. The lowest BCUT2D eigenvalue weighted by molar-refractivity contribution is 0.411. The molecule has 0 saturated carbocycles. The van der Waals surface area contributed by atoms with Gasteiger partial charge in [-0.1, -0.05) is 40.0 Å². The third-order valence-electron chi connectivity index (χ3n) is 2.02. The maximum Gasteiger partial charge on any atom is 0.0342 e. The SMILES string of the molecule is C=C.CC.CCCCCC/C(N)=C/N(N)CC. The van der Waals surface area contributed by atoms with Crippen molar-refractivity contribution < 1.29 is 0 Å². The molecule has 0 fully saturated rings. The average molecular weight is 243 g/mol. The van der Waals surface area contributed by atoms with Crippen LogP contribution in [-0.4, -0.2) is 11.6 Å². The molecule has 0 aliphatic carbocycles. The second kappa shape index (κ2) is 20.5. The van der Waals surface area contributed by atoms with E-state index in [-0.39, 0.29) is 0 Å². The molecular formula is C14H33N3. The molecule has 4 N–H and O–H groups in total. The summed E-state index contributed by atoms with van der Waals surface area (Å²) in [5.41, 5.74) is 6.66. The zero-order chi connectivity index (χ0) is 14.1. The summed E-state index contributed by atoms with van der Waals surface area (Å²) in [6.45, 7) is 15.0. The molecule has 104 valence electrons. The summed E-state index contributed by atoms with van der Waals surface area (Å²) in [4.78, 5) is 0. The Hall–Kier alpha value is -0.960. The van der Waals surface area contributed by atoms with Gasteiger partial charge in [0.25, 0.3) is 0 Å². The highest BCUT2D eigenvalue weighted by molar-refractivity contribution is 4.94. The van der Waals surface area contributed by atoms with Gasteiger partial charge in [0.05, 0.1) is 0 Å². The molecule has 0 unspecified atom stereocenters. The Kier molecular flexibility index (Phi) is 25.7. The first kappa shape index (κ1) is 21.3. The quantitative estimate of drug-likeness (QED) is 0.310. The van der Waals surface area contributed by atoms with Crippen LogP contribution in [0.1, 0.15) is 59.8 Å². The Morgan fingerprint density at radius 3 is 2.06 bits per heavy atom. The van der Waals surface area contributed by atoms with Gasteiger partial charge in [-0.2, -0.15) is 0 Å². The zero-order valence-corrected chi connectivity index (χ0v) is 12.3. The van der Waals surface area contributed by atoms with Crippen LogP contribution in [0.15, 0.2) is 25.1 Å². The molecule has 3 heteroatoms. The molecule has 0 amide bonds. The minimum atomic E-state index is 0.801. The molecule has 0 spiro atoms. The van der Waals surface area contributed by atoms with Crippen molar-refractivity contribution in [2.45, 2.75) is 59.8 Å². The first-order chi connectivity index (χ1) is 8.20. The summed E-state index contributed by atoms with van der Waals surface area (Å²) < 4.78 is 0. The van der Waals surface area contributed by atoms with Gasteiger partial charge in [-0.25, -0.2) is 5.84 Å². The van der Waals surface area contributed by atoms with Crippen molar-refractivity contribution in [2.24, 2.45) is 11.6 Å². The lowest BCUT2D eigenvalue weighted by Gasteiger charge is -2.11. The average Bonchev–Trinajstić information content (AvgIpc) is 2.39. The van der Waals surface area contributed by atoms with Crippen LogP contribution in [0.4, 0.5) is 0 Å². The Balaban J connectivity index is -0.000000439. The Morgan fingerprint density at radius 1 is 1.12 bits per heavy atom. The van der Waals surface area contributed by atoms with Gasteiger partial charge in [-0.15, -0.1) is 13.2 Å². The van der Waals surface area contributed by atoms with Crippen LogP contribution in [-0.2, 0) is 0 Å². The van der Waals surface area contributed by atoms with Crippen LogP contribution in [0, 0.1) is 0 Å². The van der Waals surface area contributed by atoms with Crippen molar-refractivity contribution in [3.8, 4) is 0 Å². The predicted molar refractivity (Wildman–Crippen MR) is 80.2 cm³/mol. The van der Waals surface area contributed by atoms with Crippen LogP contribution < -0.4 is 11.6 Å². The summed E-state index contributed by atoms with van der Waals surface area (Å²) in [6, 6.07) is 0. The van der Waals surface area contributed by atoms with Gasteiger partial charge in [-0.05, 0) is 19.8 Å². The number of hydrogen-bond donors (Lipinski definition) is 2. The van der Waals surface area contributed by atoms with Gasteiger partial charge in [0.2, 0.25) is 0 Å². The first-order valence-electron chi connectivity index (χ1n) is 6.68. The number of unbranched alkanes of at least 4 members (excludes halogenated alkanes) is 3. The van der Waals surface area contributed by atoms with E-state index in [0.29, 0.717) is 0 Å². The van der Waals surface area contributed by atoms with Crippen molar-refractivity contribution in [3.05, 3.63) is 25.1 Å². The van der Waals surface area contributed by atoms with Crippen molar-refractivity contribution in [2.75, 3.05) is 6.54 Å². The molecule has 0 aromatic carbocycles.